The van der Waals surface area contributed by atoms with Crippen LogP contribution in [-0.4, -0.2) is 163 Å². The third-order valence-corrected chi connectivity index (χ3v) is 6.49. The van der Waals surface area contributed by atoms with Crippen LogP contribution in [-0.2, 0) is 61.6 Å². The summed E-state index contributed by atoms with van der Waals surface area (Å²) < 4.78 is 65.0. The molecule has 0 bridgehead atoms. The van der Waals surface area contributed by atoms with E-state index in [1.54, 1.807) is 0 Å². The summed E-state index contributed by atoms with van der Waals surface area (Å²) in [6, 6.07) is 0. The minimum Gasteiger partial charge on any atom is -0.463 e. The second-order valence-electron chi connectivity index (χ2n) is 10.2. The van der Waals surface area contributed by atoms with Crippen molar-refractivity contribution in [2.45, 2.75) is 51.9 Å². The molecule has 0 N–H and O–H groups in total. The standard InChI is InChI=1S/C33H65BrO13/c1-2-3-4-5-6-7-8-33(35)47-32-31-46-30-29-45-28-27-44-26-25-43-24-23-42-22-21-41-20-19-40-18-17-39-16-15-38-14-13-37-12-11-36-10-9-34/h2-32H2,1H3. The molecule has 0 heterocycles. The van der Waals surface area contributed by atoms with Gasteiger partial charge in [0.25, 0.3) is 0 Å². The first-order valence-corrected chi connectivity index (χ1v) is 18.5. The van der Waals surface area contributed by atoms with Crippen LogP contribution in [0.25, 0.3) is 0 Å². The lowest BCUT2D eigenvalue weighted by molar-refractivity contribution is -0.145. The average molecular weight is 750 g/mol. The number of rotatable bonds is 42. The molecule has 0 fully saturated rings. The predicted molar refractivity (Wildman–Crippen MR) is 182 cm³/mol. The summed E-state index contributed by atoms with van der Waals surface area (Å²) >= 11 is 3.30. The van der Waals surface area contributed by atoms with E-state index in [1.165, 1.54) is 25.7 Å². The molecule has 0 saturated heterocycles. The Labute approximate surface area is 292 Å². The number of hydrogen-bond acceptors (Lipinski definition) is 13. The van der Waals surface area contributed by atoms with Gasteiger partial charge in [-0.3, -0.25) is 4.79 Å². The Bertz CT molecular complexity index is 593. The smallest absolute Gasteiger partial charge is 0.305 e. The second-order valence-corrected chi connectivity index (χ2v) is 11.0. The molecule has 0 unspecified atom stereocenters. The Kier molecular flexibility index (Phi) is 43.1. The molecule has 0 atom stereocenters. The van der Waals surface area contributed by atoms with E-state index in [0.717, 1.165) is 18.2 Å². The highest BCUT2D eigenvalue weighted by atomic mass is 79.9. The number of carbonyl (C=O) groups excluding carboxylic acids is 1. The maximum absolute atomic E-state index is 11.7. The van der Waals surface area contributed by atoms with E-state index in [9.17, 15) is 4.79 Å². The van der Waals surface area contributed by atoms with Crippen LogP contribution in [0.1, 0.15) is 51.9 Å². The normalized spacial score (nSPS) is 11.4. The van der Waals surface area contributed by atoms with Crippen molar-refractivity contribution in [1.82, 2.24) is 0 Å². The third-order valence-electron chi connectivity index (χ3n) is 6.17. The second kappa shape index (κ2) is 43.5. The van der Waals surface area contributed by atoms with Crippen LogP contribution in [0.2, 0.25) is 0 Å². The Morgan fingerprint density at radius 1 is 0.362 bits per heavy atom. The average Bonchev–Trinajstić information content (AvgIpc) is 3.08. The monoisotopic (exact) mass is 748 g/mol. The molecule has 0 amide bonds. The van der Waals surface area contributed by atoms with Gasteiger partial charge in [-0.25, -0.2) is 0 Å². The van der Waals surface area contributed by atoms with Crippen LogP contribution in [0.3, 0.4) is 0 Å². The first-order valence-electron chi connectivity index (χ1n) is 17.4. The molecule has 0 aliphatic heterocycles. The summed E-state index contributed by atoms with van der Waals surface area (Å²) in [7, 11) is 0. The molecular weight excluding hydrogens is 684 g/mol. The van der Waals surface area contributed by atoms with E-state index < -0.39 is 0 Å². The molecular formula is C33H65BrO13. The Hall–Kier alpha value is -0.490. The molecule has 282 valence electrons. The van der Waals surface area contributed by atoms with Gasteiger partial charge in [0, 0.05) is 11.8 Å². The number of esters is 1. The van der Waals surface area contributed by atoms with Crippen molar-refractivity contribution in [3.63, 3.8) is 0 Å². The minimum atomic E-state index is -0.143. The number of hydrogen-bond donors (Lipinski definition) is 0. The summed E-state index contributed by atoms with van der Waals surface area (Å²) in [5.41, 5.74) is 0. The van der Waals surface area contributed by atoms with Crippen LogP contribution >= 0.6 is 15.9 Å². The molecule has 0 saturated carbocycles. The Morgan fingerprint density at radius 2 is 0.617 bits per heavy atom. The predicted octanol–water partition coefficient (Wildman–Crippen LogP) is 3.86. The van der Waals surface area contributed by atoms with Gasteiger partial charge in [-0.2, -0.15) is 0 Å². The van der Waals surface area contributed by atoms with Crippen molar-refractivity contribution in [2.24, 2.45) is 0 Å². The van der Waals surface area contributed by atoms with Crippen LogP contribution in [0.5, 0.6) is 0 Å². The zero-order valence-corrected chi connectivity index (χ0v) is 30.7. The van der Waals surface area contributed by atoms with Crippen molar-refractivity contribution in [2.75, 3.05) is 157 Å². The van der Waals surface area contributed by atoms with Crippen molar-refractivity contribution in [1.29, 1.82) is 0 Å². The van der Waals surface area contributed by atoms with Crippen LogP contribution < -0.4 is 0 Å². The van der Waals surface area contributed by atoms with E-state index >= 15 is 0 Å². The first kappa shape index (κ1) is 46.5. The van der Waals surface area contributed by atoms with Crippen molar-refractivity contribution < 1.29 is 61.6 Å². The quantitative estimate of drug-likeness (QED) is 0.0510. The van der Waals surface area contributed by atoms with E-state index in [4.69, 9.17) is 56.8 Å². The van der Waals surface area contributed by atoms with Gasteiger partial charge in [0.15, 0.2) is 0 Å². The van der Waals surface area contributed by atoms with E-state index in [-0.39, 0.29) is 12.6 Å². The van der Waals surface area contributed by atoms with Gasteiger partial charge in [-0.1, -0.05) is 55.0 Å². The molecule has 0 aliphatic rings. The van der Waals surface area contributed by atoms with Crippen LogP contribution in [0.4, 0.5) is 0 Å². The van der Waals surface area contributed by atoms with E-state index in [2.05, 4.69) is 22.9 Å². The number of ether oxygens (including phenoxy) is 12. The molecule has 13 nitrogen and oxygen atoms in total. The summed E-state index contributed by atoms with van der Waals surface area (Å²) in [6.45, 7) is 13.8. The van der Waals surface area contributed by atoms with E-state index in [0.29, 0.717) is 152 Å². The fourth-order valence-electron chi connectivity index (χ4n) is 3.69. The first-order chi connectivity index (χ1) is 23.3. The molecule has 47 heavy (non-hydrogen) atoms. The Balaban J connectivity index is 3.09. The third kappa shape index (κ3) is 43.5. The summed E-state index contributed by atoms with van der Waals surface area (Å²) in [5.74, 6) is -0.143. The number of alkyl halides is 1. The fourth-order valence-corrected chi connectivity index (χ4v) is 3.92. The molecule has 0 aromatic rings. The molecule has 0 aromatic heterocycles. The topological polar surface area (TPSA) is 128 Å². The van der Waals surface area contributed by atoms with Crippen molar-refractivity contribution in [3.05, 3.63) is 0 Å². The van der Waals surface area contributed by atoms with Crippen molar-refractivity contribution >= 4 is 21.9 Å². The Morgan fingerprint density at radius 3 is 0.915 bits per heavy atom. The molecule has 0 aromatic carbocycles. The van der Waals surface area contributed by atoms with Gasteiger partial charge in [0.1, 0.15) is 6.61 Å². The van der Waals surface area contributed by atoms with Gasteiger partial charge in [-0.15, -0.1) is 0 Å². The minimum absolute atomic E-state index is 0.143. The highest BCUT2D eigenvalue weighted by Gasteiger charge is 2.02. The summed E-state index contributed by atoms with van der Waals surface area (Å²) in [6.07, 6.45) is 7.42. The number of carbonyl (C=O) groups is 1. The molecule has 0 rings (SSSR count). The summed E-state index contributed by atoms with van der Waals surface area (Å²) in [5, 5.41) is 0.836. The van der Waals surface area contributed by atoms with Crippen LogP contribution in [0, 0.1) is 0 Å². The van der Waals surface area contributed by atoms with Crippen LogP contribution in [0.15, 0.2) is 0 Å². The number of unbranched alkanes of at least 4 members (excludes halogenated alkanes) is 5. The molecule has 14 heteroatoms. The maximum Gasteiger partial charge on any atom is 0.305 e. The SMILES string of the molecule is CCCCCCCCC(=O)OCCOCCOCCOCCOCCOCCOCCOCCOCCOCCOCCOCCBr. The van der Waals surface area contributed by atoms with Gasteiger partial charge in [0.2, 0.25) is 0 Å². The lowest BCUT2D eigenvalue weighted by atomic mass is 10.1. The van der Waals surface area contributed by atoms with Gasteiger partial charge in [0.05, 0.1) is 145 Å². The highest BCUT2D eigenvalue weighted by Crippen LogP contribution is 2.07. The highest BCUT2D eigenvalue weighted by molar-refractivity contribution is 9.09. The fraction of sp³-hybridized carbons (Fsp3) is 0.970. The van der Waals surface area contributed by atoms with Gasteiger partial charge >= 0.3 is 5.97 Å². The largest absolute Gasteiger partial charge is 0.463 e. The van der Waals surface area contributed by atoms with Gasteiger partial charge < -0.3 is 56.8 Å². The zero-order chi connectivity index (χ0) is 34.0. The van der Waals surface area contributed by atoms with Crippen molar-refractivity contribution in [3.8, 4) is 0 Å². The maximum atomic E-state index is 11.7. The lowest BCUT2D eigenvalue weighted by Gasteiger charge is -2.09. The summed E-state index contributed by atoms with van der Waals surface area (Å²) in [4.78, 5) is 11.7. The lowest BCUT2D eigenvalue weighted by Crippen LogP contribution is -2.15. The van der Waals surface area contributed by atoms with E-state index in [1.807, 2.05) is 0 Å². The van der Waals surface area contributed by atoms with Gasteiger partial charge in [-0.05, 0) is 6.42 Å². The molecule has 0 aliphatic carbocycles. The zero-order valence-electron chi connectivity index (χ0n) is 29.1. The molecule has 0 spiro atoms. The number of halogens is 1. The molecule has 0 radical (unpaired) electrons.